The molecule has 0 spiro atoms. The first-order chi connectivity index (χ1) is 6.22. The van der Waals surface area contributed by atoms with Crippen molar-refractivity contribution in [2.24, 2.45) is 17.8 Å². The van der Waals surface area contributed by atoms with Crippen molar-refractivity contribution in [1.29, 1.82) is 0 Å². The number of hydrogen-bond donors (Lipinski definition) is 1. The predicted octanol–water partition coefficient (Wildman–Crippen LogP) is 1.17. The number of amides is 1. The Bertz CT molecular complexity index is 262. The first-order valence-corrected chi connectivity index (χ1v) is 4.99. The van der Waals surface area contributed by atoms with Gasteiger partial charge in [-0.15, -0.1) is 6.42 Å². The van der Waals surface area contributed by atoms with E-state index in [0.717, 1.165) is 12.3 Å². The van der Waals surface area contributed by atoms with Gasteiger partial charge in [0.1, 0.15) is 0 Å². The average molecular weight is 177 g/mol. The fourth-order valence-electron chi connectivity index (χ4n) is 1.92. The Labute approximate surface area is 79.1 Å². The summed E-state index contributed by atoms with van der Waals surface area (Å²) in [6, 6.07) is -0.118. The largest absolute Gasteiger partial charge is 0.343 e. The lowest BCUT2D eigenvalue weighted by Crippen LogP contribution is -2.33. The summed E-state index contributed by atoms with van der Waals surface area (Å²) >= 11 is 0. The van der Waals surface area contributed by atoms with Gasteiger partial charge in [-0.05, 0) is 38.0 Å². The van der Waals surface area contributed by atoms with Crippen LogP contribution in [-0.4, -0.2) is 11.9 Å². The van der Waals surface area contributed by atoms with Gasteiger partial charge in [-0.1, -0.05) is 5.92 Å². The van der Waals surface area contributed by atoms with Crippen molar-refractivity contribution in [3.05, 3.63) is 0 Å². The molecule has 3 atom stereocenters. The maximum Gasteiger partial charge on any atom is 0.224 e. The second-order valence-corrected chi connectivity index (χ2v) is 4.24. The second kappa shape index (κ2) is 3.06. The molecule has 1 N–H and O–H groups in total. The van der Waals surface area contributed by atoms with E-state index in [1.807, 2.05) is 6.92 Å². The molecule has 2 rings (SSSR count). The van der Waals surface area contributed by atoms with E-state index in [4.69, 9.17) is 6.42 Å². The first kappa shape index (κ1) is 8.62. The molecule has 1 unspecified atom stereocenters. The first-order valence-electron chi connectivity index (χ1n) is 4.99. The molecule has 0 bridgehead atoms. The standard InChI is InChI=1S/C11H15NO/c1-3-7(2)12-11(13)10-6-9(10)8-4-5-8/h1,7-10H,4-6H2,2H3,(H,12,13)/t7?,9-,10+/m1/s1. The van der Waals surface area contributed by atoms with Gasteiger partial charge in [0.2, 0.25) is 5.91 Å². The molecule has 0 aromatic rings. The summed E-state index contributed by atoms with van der Waals surface area (Å²) in [5.41, 5.74) is 0. The lowest BCUT2D eigenvalue weighted by Gasteiger charge is -2.06. The van der Waals surface area contributed by atoms with Gasteiger partial charge in [-0.3, -0.25) is 4.79 Å². The smallest absolute Gasteiger partial charge is 0.224 e. The Morgan fingerprint density at radius 3 is 2.85 bits per heavy atom. The van der Waals surface area contributed by atoms with E-state index < -0.39 is 0 Å². The molecule has 0 aromatic carbocycles. The SMILES string of the molecule is C#CC(C)NC(=O)[C@H]1C[C@@H]1C1CC1. The molecular weight excluding hydrogens is 162 g/mol. The highest BCUT2D eigenvalue weighted by Crippen LogP contribution is 2.54. The van der Waals surface area contributed by atoms with Crippen LogP contribution in [0.3, 0.4) is 0 Å². The van der Waals surface area contributed by atoms with Crippen LogP contribution in [0.2, 0.25) is 0 Å². The molecule has 2 saturated carbocycles. The molecule has 0 saturated heterocycles. The fraction of sp³-hybridized carbons (Fsp3) is 0.727. The van der Waals surface area contributed by atoms with Crippen molar-refractivity contribution in [3.8, 4) is 12.3 Å². The molecule has 0 aromatic heterocycles. The number of nitrogens with one attached hydrogen (secondary N) is 1. The predicted molar refractivity (Wildman–Crippen MR) is 50.8 cm³/mol. The highest BCUT2D eigenvalue weighted by atomic mass is 16.2. The Morgan fingerprint density at radius 1 is 1.62 bits per heavy atom. The number of rotatable bonds is 3. The van der Waals surface area contributed by atoms with Crippen molar-refractivity contribution in [3.63, 3.8) is 0 Å². The monoisotopic (exact) mass is 177 g/mol. The van der Waals surface area contributed by atoms with Crippen LogP contribution in [0.5, 0.6) is 0 Å². The minimum atomic E-state index is -0.118. The Balaban J connectivity index is 1.76. The highest BCUT2D eigenvalue weighted by Gasteiger charge is 2.51. The van der Waals surface area contributed by atoms with Gasteiger partial charge in [0.15, 0.2) is 0 Å². The van der Waals surface area contributed by atoms with Crippen LogP contribution in [0.15, 0.2) is 0 Å². The summed E-state index contributed by atoms with van der Waals surface area (Å²) in [4.78, 5) is 11.5. The van der Waals surface area contributed by atoms with E-state index in [2.05, 4.69) is 11.2 Å². The third-order valence-electron chi connectivity index (χ3n) is 3.01. The molecule has 2 aliphatic rings. The van der Waals surface area contributed by atoms with Crippen molar-refractivity contribution in [2.75, 3.05) is 0 Å². The molecule has 0 heterocycles. The molecule has 2 heteroatoms. The van der Waals surface area contributed by atoms with Crippen molar-refractivity contribution in [1.82, 2.24) is 5.32 Å². The van der Waals surface area contributed by atoms with Crippen LogP contribution >= 0.6 is 0 Å². The summed E-state index contributed by atoms with van der Waals surface area (Å²) in [5, 5.41) is 2.83. The van der Waals surface area contributed by atoms with Gasteiger partial charge < -0.3 is 5.32 Å². The Hall–Kier alpha value is -0.970. The van der Waals surface area contributed by atoms with E-state index in [0.29, 0.717) is 5.92 Å². The van der Waals surface area contributed by atoms with Crippen LogP contribution < -0.4 is 5.32 Å². The summed E-state index contributed by atoms with van der Waals surface area (Å²) in [7, 11) is 0. The molecule has 2 fully saturated rings. The van der Waals surface area contributed by atoms with Crippen molar-refractivity contribution < 1.29 is 4.79 Å². The van der Waals surface area contributed by atoms with Gasteiger partial charge in [-0.2, -0.15) is 0 Å². The fourth-order valence-corrected chi connectivity index (χ4v) is 1.92. The Morgan fingerprint density at radius 2 is 2.31 bits per heavy atom. The number of terminal acetylenes is 1. The van der Waals surface area contributed by atoms with Crippen LogP contribution in [0.4, 0.5) is 0 Å². The molecule has 13 heavy (non-hydrogen) atoms. The minimum Gasteiger partial charge on any atom is -0.343 e. The molecule has 0 aliphatic heterocycles. The van der Waals surface area contributed by atoms with E-state index >= 15 is 0 Å². The van der Waals surface area contributed by atoms with Crippen LogP contribution in [0, 0.1) is 30.1 Å². The van der Waals surface area contributed by atoms with E-state index in [9.17, 15) is 4.79 Å². The van der Waals surface area contributed by atoms with E-state index in [1.54, 1.807) is 0 Å². The summed E-state index contributed by atoms with van der Waals surface area (Å²) in [6.45, 7) is 1.84. The molecule has 2 nitrogen and oxygen atoms in total. The summed E-state index contributed by atoms with van der Waals surface area (Å²) < 4.78 is 0. The van der Waals surface area contributed by atoms with E-state index in [-0.39, 0.29) is 17.9 Å². The van der Waals surface area contributed by atoms with Crippen molar-refractivity contribution in [2.45, 2.75) is 32.2 Å². The van der Waals surface area contributed by atoms with Crippen LogP contribution in [0.1, 0.15) is 26.2 Å². The molecule has 0 radical (unpaired) electrons. The Kier molecular flexibility index (Phi) is 2.03. The van der Waals surface area contributed by atoms with E-state index in [1.165, 1.54) is 12.8 Å². The molecule has 2 aliphatic carbocycles. The molecule has 70 valence electrons. The van der Waals surface area contributed by atoms with Crippen molar-refractivity contribution >= 4 is 5.91 Å². The van der Waals surface area contributed by atoms with Gasteiger partial charge in [-0.25, -0.2) is 0 Å². The maximum atomic E-state index is 11.5. The van der Waals surface area contributed by atoms with Gasteiger partial charge in [0, 0.05) is 5.92 Å². The van der Waals surface area contributed by atoms with Gasteiger partial charge >= 0.3 is 0 Å². The number of carbonyl (C=O) groups is 1. The topological polar surface area (TPSA) is 29.1 Å². The number of hydrogen-bond acceptors (Lipinski definition) is 1. The zero-order chi connectivity index (χ0) is 9.42. The third-order valence-corrected chi connectivity index (χ3v) is 3.01. The van der Waals surface area contributed by atoms with Crippen LogP contribution in [-0.2, 0) is 4.79 Å². The second-order valence-electron chi connectivity index (χ2n) is 4.24. The quantitative estimate of drug-likeness (QED) is 0.644. The highest BCUT2D eigenvalue weighted by molar-refractivity contribution is 5.82. The number of carbonyl (C=O) groups excluding carboxylic acids is 1. The lowest BCUT2D eigenvalue weighted by molar-refractivity contribution is -0.122. The molecular formula is C11H15NO. The average Bonchev–Trinajstić information content (AvgIpc) is 2.93. The summed E-state index contributed by atoms with van der Waals surface area (Å²) in [5.74, 6) is 4.50. The normalized spacial score (nSPS) is 33.2. The van der Waals surface area contributed by atoms with Gasteiger partial charge in [0.05, 0.1) is 6.04 Å². The zero-order valence-corrected chi connectivity index (χ0v) is 7.92. The van der Waals surface area contributed by atoms with Crippen LogP contribution in [0.25, 0.3) is 0 Å². The van der Waals surface area contributed by atoms with Gasteiger partial charge in [0.25, 0.3) is 0 Å². The minimum absolute atomic E-state index is 0.118. The summed E-state index contributed by atoms with van der Waals surface area (Å²) in [6.07, 6.45) is 8.94. The zero-order valence-electron chi connectivity index (χ0n) is 7.92. The third kappa shape index (κ3) is 1.85. The molecule has 1 amide bonds. The maximum absolute atomic E-state index is 11.5. The lowest BCUT2D eigenvalue weighted by atomic mass is 10.2.